The Morgan fingerprint density at radius 2 is 0.733 bits per heavy atom. The van der Waals surface area contributed by atoms with Crippen molar-refractivity contribution in [3.05, 3.63) is 67.9 Å². The fraction of sp³-hybridized carbons (Fsp3) is 0.636. The number of aromatic nitrogens is 3. The summed E-state index contributed by atoms with van der Waals surface area (Å²) in [4.78, 5) is 80.7. The smallest absolute Gasteiger partial charge is 0.342 e. The molecule has 0 saturated carbocycles. The lowest BCUT2D eigenvalue weighted by Gasteiger charge is -2.27. The molecule has 12 heteroatoms. The Morgan fingerprint density at radius 3 is 0.911 bits per heavy atom. The number of unbranched alkanes of at least 4 members (excludes halogenated alkanes) is 6. The summed E-state index contributed by atoms with van der Waals surface area (Å²) >= 11 is 0. The Balaban J connectivity index is 4.24. The van der Waals surface area contributed by atoms with Crippen LogP contribution in [0.25, 0.3) is 0 Å². The summed E-state index contributed by atoms with van der Waals surface area (Å²) in [5, 5.41) is 0. The third-order valence-electron chi connectivity index (χ3n) is 7.04. The zero-order valence-corrected chi connectivity index (χ0v) is 27.9. The van der Waals surface area contributed by atoms with Gasteiger partial charge < -0.3 is 14.2 Å². The highest BCUT2D eigenvalue weighted by molar-refractivity contribution is 5.87. The molecule has 1 rings (SSSR count). The van der Waals surface area contributed by atoms with E-state index in [1.54, 1.807) is 0 Å². The minimum atomic E-state index is -1.43. The third kappa shape index (κ3) is 11.5. The Kier molecular flexibility index (Phi) is 16.9. The molecule has 0 radical (unpaired) electrons. The van der Waals surface area contributed by atoms with Crippen LogP contribution in [-0.4, -0.2) is 31.6 Å². The number of esters is 3. The first-order chi connectivity index (χ1) is 21.2. The monoisotopic (exact) mass is 633 g/mol. The molecule has 0 fully saturated rings. The fourth-order valence-corrected chi connectivity index (χ4v) is 4.43. The zero-order chi connectivity index (χ0) is 34.3. The van der Waals surface area contributed by atoms with Crippen molar-refractivity contribution in [2.75, 3.05) is 0 Å². The average molecular weight is 634 g/mol. The Labute approximate surface area is 265 Å². The van der Waals surface area contributed by atoms with Gasteiger partial charge in [-0.1, -0.05) is 79.0 Å². The van der Waals surface area contributed by atoms with Crippen LogP contribution in [0.2, 0.25) is 0 Å². The maximum Gasteiger partial charge on any atom is 0.342 e. The first-order valence-electron chi connectivity index (χ1n) is 15.8. The number of nitrogens with zero attached hydrogens (tertiary/aromatic N) is 3. The summed E-state index contributed by atoms with van der Waals surface area (Å²) in [6.45, 7) is 21.0. The number of hydrogen-bond donors (Lipinski definition) is 0. The molecule has 12 nitrogen and oxygen atoms in total. The van der Waals surface area contributed by atoms with Crippen molar-refractivity contribution >= 4 is 17.9 Å². The van der Waals surface area contributed by atoms with E-state index in [1.165, 1.54) is 20.8 Å². The molecule has 1 heterocycles. The fourth-order valence-electron chi connectivity index (χ4n) is 4.43. The summed E-state index contributed by atoms with van der Waals surface area (Å²) in [6.07, 6.45) is 1.85. The van der Waals surface area contributed by atoms with E-state index in [1.807, 2.05) is 20.8 Å². The van der Waals surface area contributed by atoms with E-state index in [0.717, 1.165) is 19.3 Å². The van der Waals surface area contributed by atoms with E-state index in [0.29, 0.717) is 52.2 Å². The molecule has 1 aromatic rings. The van der Waals surface area contributed by atoms with Crippen molar-refractivity contribution in [1.29, 1.82) is 0 Å². The molecule has 1 aromatic heterocycles. The van der Waals surface area contributed by atoms with Gasteiger partial charge >= 0.3 is 35.0 Å². The van der Waals surface area contributed by atoms with E-state index >= 15 is 0 Å². The predicted octanol–water partition coefficient (Wildman–Crippen LogP) is 5.77. The van der Waals surface area contributed by atoms with Crippen LogP contribution in [0, 0.1) is 0 Å². The standard InChI is InChI=1S/C33H51N3O9/c1-10-13-16-19-25(43-28(37)22(4)5)34-31(40)35(26(20-17-14-11-2)44-29(38)23(6)7)33(42)36(32(34)41)27(21-18-15-12-3)45-30(39)24(8)9/h25-27H,4,6,8,10-21H2,1-3,5,7,9H3. The second-order valence-electron chi connectivity index (χ2n) is 11.4. The molecule has 0 aliphatic rings. The van der Waals surface area contributed by atoms with Crippen molar-refractivity contribution in [1.82, 2.24) is 13.7 Å². The molecule has 45 heavy (non-hydrogen) atoms. The molecule has 0 N–H and O–H groups in total. The first-order valence-corrected chi connectivity index (χ1v) is 15.8. The topological polar surface area (TPSA) is 145 Å². The minimum absolute atomic E-state index is 0.0397. The number of carbonyl (C=O) groups is 3. The normalized spacial score (nSPS) is 12.9. The van der Waals surface area contributed by atoms with Gasteiger partial charge in [0.05, 0.1) is 0 Å². The lowest BCUT2D eigenvalue weighted by molar-refractivity contribution is -0.152. The molecule has 252 valence electrons. The highest BCUT2D eigenvalue weighted by Gasteiger charge is 2.32. The van der Waals surface area contributed by atoms with E-state index < -0.39 is 53.7 Å². The van der Waals surface area contributed by atoms with Gasteiger partial charge in [-0.15, -0.1) is 0 Å². The second kappa shape index (κ2) is 19.4. The van der Waals surface area contributed by atoms with Crippen molar-refractivity contribution < 1.29 is 28.6 Å². The summed E-state index contributed by atoms with van der Waals surface area (Å²) in [5.41, 5.74) is -3.28. The lowest BCUT2D eigenvalue weighted by Crippen LogP contribution is -2.58. The van der Waals surface area contributed by atoms with Gasteiger partial charge in [-0.2, -0.15) is 0 Å². The van der Waals surface area contributed by atoms with Gasteiger partial charge in [0.2, 0.25) is 0 Å². The molecule has 3 atom stereocenters. The Hall–Kier alpha value is -3.96. The minimum Gasteiger partial charge on any atom is -0.438 e. The van der Waals surface area contributed by atoms with Crippen LogP contribution in [-0.2, 0) is 28.6 Å². The van der Waals surface area contributed by atoms with Crippen molar-refractivity contribution in [2.24, 2.45) is 0 Å². The molecule has 0 amide bonds. The molecular weight excluding hydrogens is 582 g/mol. The number of rotatable bonds is 21. The average Bonchev–Trinajstić information content (AvgIpc) is 2.96. The van der Waals surface area contributed by atoms with E-state index in [-0.39, 0.29) is 36.0 Å². The van der Waals surface area contributed by atoms with E-state index in [4.69, 9.17) is 14.2 Å². The van der Waals surface area contributed by atoms with Gasteiger partial charge in [0.15, 0.2) is 18.7 Å². The molecule has 0 aliphatic heterocycles. The van der Waals surface area contributed by atoms with Crippen LogP contribution < -0.4 is 17.1 Å². The Bertz CT molecular complexity index is 1200. The summed E-state index contributed by atoms with van der Waals surface area (Å²) < 4.78 is 18.8. The lowest BCUT2D eigenvalue weighted by atomic mass is 10.2. The molecule has 0 aromatic carbocycles. The third-order valence-corrected chi connectivity index (χ3v) is 7.04. The molecule has 0 saturated heterocycles. The summed E-state index contributed by atoms with van der Waals surface area (Å²) in [7, 11) is 0. The maximum absolute atomic E-state index is 14.2. The van der Waals surface area contributed by atoms with Crippen molar-refractivity contribution in [3.8, 4) is 0 Å². The number of hydrogen-bond acceptors (Lipinski definition) is 9. The maximum atomic E-state index is 14.2. The summed E-state index contributed by atoms with van der Waals surface area (Å²) in [6, 6.07) is 0. The van der Waals surface area contributed by atoms with Gasteiger partial charge in [-0.25, -0.2) is 42.5 Å². The van der Waals surface area contributed by atoms with Gasteiger partial charge in [0, 0.05) is 36.0 Å². The van der Waals surface area contributed by atoms with Crippen LogP contribution in [0.15, 0.2) is 50.8 Å². The highest BCUT2D eigenvalue weighted by Crippen LogP contribution is 2.21. The summed E-state index contributed by atoms with van der Waals surface area (Å²) in [5.74, 6) is -2.52. The molecule has 0 bridgehead atoms. The second-order valence-corrected chi connectivity index (χ2v) is 11.4. The van der Waals surface area contributed by atoms with Crippen molar-refractivity contribution in [3.63, 3.8) is 0 Å². The zero-order valence-electron chi connectivity index (χ0n) is 27.9. The SMILES string of the molecule is C=C(C)C(=O)OC(CCCCC)n1c(=O)n(C(CCCCC)OC(=O)C(=C)C)c(=O)n(C(CCCCC)OC(=O)C(=C)C)c1=O. The molecule has 3 unspecified atom stereocenters. The van der Waals surface area contributed by atoms with Gasteiger partial charge in [-0.05, 0) is 40.0 Å². The predicted molar refractivity (Wildman–Crippen MR) is 171 cm³/mol. The number of carbonyl (C=O) groups excluding carboxylic acids is 3. The molecule has 0 aliphatic carbocycles. The van der Waals surface area contributed by atoms with Crippen LogP contribution in [0.4, 0.5) is 0 Å². The van der Waals surface area contributed by atoms with Crippen molar-refractivity contribution in [2.45, 2.75) is 137 Å². The number of ether oxygens (including phenoxy) is 3. The molecular formula is C33H51N3O9. The quantitative estimate of drug-likeness (QED) is 0.0713. The van der Waals surface area contributed by atoms with E-state index in [9.17, 15) is 28.8 Å². The van der Waals surface area contributed by atoms with E-state index in [2.05, 4.69) is 19.7 Å². The Morgan fingerprint density at radius 1 is 0.511 bits per heavy atom. The highest BCUT2D eigenvalue weighted by atomic mass is 16.6. The largest absolute Gasteiger partial charge is 0.438 e. The van der Waals surface area contributed by atoms with Crippen LogP contribution >= 0.6 is 0 Å². The van der Waals surface area contributed by atoms with Gasteiger partial charge in [0.25, 0.3) is 0 Å². The van der Waals surface area contributed by atoms with Gasteiger partial charge in [0.1, 0.15) is 0 Å². The van der Waals surface area contributed by atoms with Crippen LogP contribution in [0.1, 0.15) is 137 Å². The van der Waals surface area contributed by atoms with Gasteiger partial charge in [-0.3, -0.25) is 0 Å². The first kappa shape index (κ1) is 39.1. The molecule has 0 spiro atoms. The van der Waals surface area contributed by atoms with Crippen LogP contribution in [0.3, 0.4) is 0 Å². The van der Waals surface area contributed by atoms with Crippen LogP contribution in [0.5, 0.6) is 0 Å².